The fourth-order valence-corrected chi connectivity index (χ4v) is 10.1. The zero-order chi connectivity index (χ0) is 25.1. The molecule has 1 saturated heterocycles. The van der Waals surface area contributed by atoms with Gasteiger partial charge in [-0.05, 0) is 92.3 Å². The van der Waals surface area contributed by atoms with Crippen LogP contribution in [0.5, 0.6) is 0 Å². The van der Waals surface area contributed by atoms with Crippen molar-refractivity contribution in [2.24, 2.45) is 45.3 Å². The number of carbonyl (C=O) groups excluding carboxylic acids is 1. The van der Waals surface area contributed by atoms with Crippen LogP contribution in [0.25, 0.3) is 0 Å². The van der Waals surface area contributed by atoms with Crippen LogP contribution in [0.15, 0.2) is 11.6 Å². The zero-order valence-electron chi connectivity index (χ0n) is 22.8. The van der Waals surface area contributed by atoms with E-state index in [1.807, 2.05) is 13.8 Å². The SMILES string of the molecule is C[C@@H]([C@@H]1OC(C)(C)[C@H](O)[C@@H]1O)[C@@H]1CC[C@]2(C)C3=CC[C@H]4C(C)(C)C(=O)CC[C@]4(C)[C@@H]3CC[C@@]12C. The number of hydrogen-bond acceptors (Lipinski definition) is 4. The van der Waals surface area contributed by atoms with Crippen molar-refractivity contribution < 1.29 is 19.7 Å². The summed E-state index contributed by atoms with van der Waals surface area (Å²) in [6, 6.07) is 0. The first-order valence-electron chi connectivity index (χ1n) is 13.9. The van der Waals surface area contributed by atoms with Crippen molar-refractivity contribution >= 4 is 5.78 Å². The van der Waals surface area contributed by atoms with Crippen LogP contribution in [0, 0.1) is 45.3 Å². The highest BCUT2D eigenvalue weighted by atomic mass is 16.6. The van der Waals surface area contributed by atoms with Gasteiger partial charge in [0.2, 0.25) is 0 Å². The minimum Gasteiger partial charge on any atom is -0.388 e. The summed E-state index contributed by atoms with van der Waals surface area (Å²) in [5.74, 6) is 2.10. The monoisotopic (exact) mass is 472 g/mol. The Morgan fingerprint density at radius 2 is 1.68 bits per heavy atom. The molecule has 1 heterocycles. The van der Waals surface area contributed by atoms with Gasteiger partial charge in [0.15, 0.2) is 0 Å². The van der Waals surface area contributed by atoms with E-state index in [2.05, 4.69) is 47.6 Å². The van der Waals surface area contributed by atoms with Crippen LogP contribution in [0.1, 0.15) is 100 Å². The zero-order valence-corrected chi connectivity index (χ0v) is 22.8. The molecule has 5 rings (SSSR count). The first-order valence-corrected chi connectivity index (χ1v) is 13.9. The number of aliphatic hydroxyl groups excluding tert-OH is 2. The van der Waals surface area contributed by atoms with Crippen molar-refractivity contribution in [1.29, 1.82) is 0 Å². The summed E-state index contributed by atoms with van der Waals surface area (Å²) in [5.41, 5.74) is 1.24. The third kappa shape index (κ3) is 2.97. The average molecular weight is 473 g/mol. The molecule has 4 nitrogen and oxygen atoms in total. The van der Waals surface area contributed by atoms with Gasteiger partial charge in [-0.2, -0.15) is 0 Å². The average Bonchev–Trinajstić information content (AvgIpc) is 3.15. The molecule has 4 fully saturated rings. The number of hydrogen-bond donors (Lipinski definition) is 2. The summed E-state index contributed by atoms with van der Waals surface area (Å²) < 4.78 is 6.28. The van der Waals surface area contributed by atoms with Crippen LogP contribution in [0.2, 0.25) is 0 Å². The van der Waals surface area contributed by atoms with Gasteiger partial charge < -0.3 is 14.9 Å². The molecule has 3 saturated carbocycles. The van der Waals surface area contributed by atoms with Crippen molar-refractivity contribution in [3.63, 3.8) is 0 Å². The largest absolute Gasteiger partial charge is 0.388 e. The second-order valence-corrected chi connectivity index (χ2v) is 14.6. The third-order valence-electron chi connectivity index (χ3n) is 12.6. The quantitative estimate of drug-likeness (QED) is 0.506. The molecule has 0 aromatic heterocycles. The topological polar surface area (TPSA) is 66.8 Å². The summed E-state index contributed by atoms with van der Waals surface area (Å²) in [7, 11) is 0. The molecule has 4 heteroatoms. The van der Waals surface area contributed by atoms with Crippen molar-refractivity contribution in [2.75, 3.05) is 0 Å². The van der Waals surface area contributed by atoms with Crippen LogP contribution in [0.3, 0.4) is 0 Å². The van der Waals surface area contributed by atoms with Gasteiger partial charge in [0.25, 0.3) is 0 Å². The number of carbonyl (C=O) groups is 1. The molecule has 0 spiro atoms. The van der Waals surface area contributed by atoms with Crippen molar-refractivity contribution in [3.8, 4) is 0 Å². The maximum Gasteiger partial charge on any atom is 0.138 e. The van der Waals surface area contributed by atoms with E-state index in [1.54, 1.807) is 5.57 Å². The molecule has 34 heavy (non-hydrogen) atoms. The van der Waals surface area contributed by atoms with E-state index < -0.39 is 17.8 Å². The van der Waals surface area contributed by atoms with Crippen molar-refractivity contribution in [2.45, 2.75) is 124 Å². The lowest BCUT2D eigenvalue weighted by Gasteiger charge is -2.63. The van der Waals surface area contributed by atoms with E-state index in [-0.39, 0.29) is 33.7 Å². The Bertz CT molecular complexity index is 903. The Hall–Kier alpha value is -0.710. The Morgan fingerprint density at radius 1 is 1.00 bits per heavy atom. The van der Waals surface area contributed by atoms with Gasteiger partial charge in [-0.25, -0.2) is 0 Å². The predicted molar refractivity (Wildman–Crippen MR) is 134 cm³/mol. The van der Waals surface area contributed by atoms with Crippen molar-refractivity contribution in [1.82, 2.24) is 0 Å². The number of fused-ring (bicyclic) bond motifs is 5. The van der Waals surface area contributed by atoms with E-state index in [4.69, 9.17) is 4.74 Å². The van der Waals surface area contributed by atoms with Gasteiger partial charge >= 0.3 is 0 Å². The molecule has 0 unspecified atom stereocenters. The number of aliphatic hydroxyl groups is 2. The molecular weight excluding hydrogens is 424 g/mol. The van der Waals surface area contributed by atoms with Gasteiger partial charge in [-0.1, -0.05) is 53.2 Å². The molecule has 5 aliphatic rings. The van der Waals surface area contributed by atoms with E-state index >= 15 is 0 Å². The molecule has 10 atom stereocenters. The van der Waals surface area contributed by atoms with Crippen LogP contribution in [-0.4, -0.2) is 39.9 Å². The first-order chi connectivity index (χ1) is 15.6. The highest BCUT2D eigenvalue weighted by molar-refractivity contribution is 5.85. The van der Waals surface area contributed by atoms with Crippen molar-refractivity contribution in [3.05, 3.63) is 11.6 Å². The van der Waals surface area contributed by atoms with E-state index in [1.165, 1.54) is 19.3 Å². The molecular formula is C30H48O4. The van der Waals surface area contributed by atoms with Gasteiger partial charge in [0, 0.05) is 11.8 Å². The number of ketones is 1. The Kier molecular flexibility index (Phi) is 5.44. The minimum absolute atomic E-state index is 0.145. The standard InChI is InChI=1S/C30H48O4/c1-17(24-23(32)25(33)27(4,5)34-24)18-11-15-30(8)20-9-10-21-26(2,3)22(31)13-14-28(21,6)19(20)12-16-29(18,30)7/h9,17-19,21,23-25,32-33H,10-16H2,1-8H3/t17-,18+,19-,21+,23-,24+,25-,28-,29+,30-/m1/s1. The summed E-state index contributed by atoms with van der Waals surface area (Å²) >= 11 is 0. The smallest absolute Gasteiger partial charge is 0.138 e. The molecule has 0 aromatic rings. The molecule has 2 N–H and O–H groups in total. The molecule has 192 valence electrons. The third-order valence-corrected chi connectivity index (χ3v) is 12.6. The predicted octanol–water partition coefficient (Wildman–Crippen LogP) is 5.70. The minimum atomic E-state index is -0.841. The van der Waals surface area contributed by atoms with Crippen LogP contribution in [0.4, 0.5) is 0 Å². The van der Waals surface area contributed by atoms with Gasteiger partial charge in [-0.15, -0.1) is 0 Å². The maximum absolute atomic E-state index is 12.8. The maximum atomic E-state index is 12.8. The lowest BCUT2D eigenvalue weighted by Crippen LogP contribution is -2.57. The Morgan fingerprint density at radius 3 is 2.29 bits per heavy atom. The molecule has 4 aliphatic carbocycles. The summed E-state index contributed by atoms with van der Waals surface area (Å²) in [6.07, 6.45) is 8.07. The molecule has 0 aromatic carbocycles. The highest BCUT2D eigenvalue weighted by Gasteiger charge is 2.66. The molecule has 0 amide bonds. The molecule has 0 radical (unpaired) electrons. The van der Waals surface area contributed by atoms with E-state index in [0.29, 0.717) is 23.5 Å². The summed E-state index contributed by atoms with van der Waals surface area (Å²) in [4.78, 5) is 12.8. The van der Waals surface area contributed by atoms with Gasteiger partial charge in [-0.3, -0.25) is 4.79 Å². The summed E-state index contributed by atoms with van der Waals surface area (Å²) in [6.45, 7) is 17.9. The van der Waals surface area contributed by atoms with Gasteiger partial charge in [0.05, 0.1) is 11.7 Å². The highest BCUT2D eigenvalue weighted by Crippen LogP contribution is 2.73. The number of allylic oxidation sites excluding steroid dienone is 2. The molecule has 0 bridgehead atoms. The van der Waals surface area contributed by atoms with Crippen LogP contribution in [-0.2, 0) is 9.53 Å². The number of Topliss-reactive ketones (excluding diaryl/α,β-unsaturated/α-hetero) is 1. The lowest BCUT2D eigenvalue weighted by atomic mass is 9.41. The second kappa shape index (κ2) is 7.42. The van der Waals surface area contributed by atoms with Crippen LogP contribution >= 0.6 is 0 Å². The second-order valence-electron chi connectivity index (χ2n) is 14.6. The summed E-state index contributed by atoms with van der Waals surface area (Å²) in [5, 5.41) is 21.5. The number of ether oxygens (including phenoxy) is 1. The normalized spacial score (nSPS) is 52.4. The Labute approximate surface area is 206 Å². The fraction of sp³-hybridized carbons (Fsp3) is 0.900. The Balaban J connectivity index is 1.47. The number of rotatable bonds is 2. The lowest BCUT2D eigenvalue weighted by molar-refractivity contribution is -0.146. The van der Waals surface area contributed by atoms with E-state index in [9.17, 15) is 15.0 Å². The molecule has 1 aliphatic heterocycles. The van der Waals surface area contributed by atoms with E-state index in [0.717, 1.165) is 25.7 Å². The first kappa shape index (κ1) is 25.0. The van der Waals surface area contributed by atoms with Crippen LogP contribution < -0.4 is 0 Å². The van der Waals surface area contributed by atoms with Gasteiger partial charge in [0.1, 0.15) is 18.0 Å². The fourth-order valence-electron chi connectivity index (χ4n) is 10.1.